The number of hydrogen-bond acceptors (Lipinski definition) is 6. The Morgan fingerprint density at radius 3 is 2.74 bits per heavy atom. The van der Waals surface area contributed by atoms with Crippen LogP contribution in [0.1, 0.15) is 25.3 Å². The highest BCUT2D eigenvalue weighted by Gasteiger charge is 2.19. The summed E-state index contributed by atoms with van der Waals surface area (Å²) in [5.41, 5.74) is 3.15. The van der Waals surface area contributed by atoms with Crippen LogP contribution >= 0.6 is 56.9 Å². The van der Waals surface area contributed by atoms with Gasteiger partial charge in [0.05, 0.1) is 34.7 Å². The lowest BCUT2D eigenvalue weighted by atomic mass is 10.1. The van der Waals surface area contributed by atoms with Crippen molar-refractivity contribution < 1.29 is 9.53 Å². The molecule has 34 heavy (non-hydrogen) atoms. The molecule has 0 aliphatic carbocycles. The second-order valence-corrected chi connectivity index (χ2v) is 11.3. The minimum atomic E-state index is -0.261. The number of benzene rings is 2. The van der Waals surface area contributed by atoms with Crippen LogP contribution in [0.15, 0.2) is 36.5 Å². The van der Waals surface area contributed by atoms with Gasteiger partial charge in [-0.3, -0.25) is 4.98 Å². The molecule has 10 heteroatoms. The number of nitriles is 1. The van der Waals surface area contributed by atoms with Crippen LogP contribution in [0.5, 0.6) is 5.75 Å². The summed E-state index contributed by atoms with van der Waals surface area (Å²) in [5, 5.41) is 19.9. The number of hydrogen-bond donors (Lipinski definition) is 3. The number of nitrogens with one attached hydrogen (secondary N) is 3. The summed E-state index contributed by atoms with van der Waals surface area (Å²) in [7, 11) is 0. The average Bonchev–Trinajstić information content (AvgIpc) is 2.82. The lowest BCUT2D eigenvalue weighted by molar-refractivity contribution is 0.247. The molecule has 3 aromatic rings. The maximum atomic E-state index is 12.8. The number of pyridine rings is 1. The number of nitrogens with zero attached hydrogens (tertiary/aromatic N) is 2. The number of rotatable bonds is 6. The van der Waals surface area contributed by atoms with E-state index < -0.39 is 0 Å². The van der Waals surface area contributed by atoms with Crippen molar-refractivity contribution in [2.24, 2.45) is 0 Å². The van der Waals surface area contributed by atoms with Crippen molar-refractivity contribution >= 4 is 90.9 Å². The first-order chi connectivity index (χ1) is 16.5. The third kappa shape index (κ3) is 5.98. The summed E-state index contributed by atoms with van der Waals surface area (Å²) in [6, 6.07) is 11.8. The van der Waals surface area contributed by atoms with E-state index in [0.717, 1.165) is 42.6 Å². The first-order valence-electron chi connectivity index (χ1n) is 10.9. The molecule has 2 heterocycles. The quantitative estimate of drug-likeness (QED) is 0.255. The van der Waals surface area contributed by atoms with Gasteiger partial charge < -0.3 is 20.7 Å². The summed E-state index contributed by atoms with van der Waals surface area (Å²) in [6.07, 6.45) is 3.49. The maximum Gasteiger partial charge on any atom is 0.319 e. The summed E-state index contributed by atoms with van der Waals surface area (Å²) < 4.78 is 7.97. The molecule has 1 saturated heterocycles. The predicted octanol–water partition coefficient (Wildman–Crippen LogP) is 6.48. The second-order valence-electron chi connectivity index (χ2n) is 7.69. The van der Waals surface area contributed by atoms with Crippen molar-refractivity contribution in [1.29, 1.82) is 5.26 Å². The molecule has 4 rings (SSSR count). The molecular formula is C24H23I2N5O2S. The molecule has 1 fully saturated rings. The minimum Gasteiger partial charge on any atom is -0.492 e. The number of aromatic nitrogens is 1. The Bertz CT molecular complexity index is 1260. The Kier molecular flexibility index (Phi) is 8.60. The van der Waals surface area contributed by atoms with Crippen LogP contribution in [0.3, 0.4) is 0 Å². The molecule has 0 radical (unpaired) electrons. The number of anilines is 3. The average molecular weight is 699 g/mol. The lowest BCUT2D eigenvalue weighted by Gasteiger charge is -2.23. The highest BCUT2D eigenvalue weighted by atomic mass is 127. The van der Waals surface area contributed by atoms with Gasteiger partial charge in [-0.05, 0) is 101 Å². The van der Waals surface area contributed by atoms with Crippen LogP contribution in [-0.2, 0) is 0 Å². The van der Waals surface area contributed by atoms with Crippen molar-refractivity contribution in [1.82, 2.24) is 10.3 Å². The number of carbonyl (C=O) groups is 1. The Hall–Kier alpha value is -1.98. The lowest BCUT2D eigenvalue weighted by Crippen LogP contribution is -2.40. The zero-order valence-electron chi connectivity index (χ0n) is 18.5. The number of ether oxygens (including phenoxy) is 1. The Labute approximate surface area is 230 Å². The molecule has 0 atom stereocenters. The van der Waals surface area contributed by atoms with Crippen molar-refractivity contribution in [3.63, 3.8) is 0 Å². The fourth-order valence-corrected chi connectivity index (χ4v) is 6.57. The zero-order valence-corrected chi connectivity index (χ0v) is 23.6. The number of fused-ring (bicyclic) bond motifs is 1. The SMILES string of the molecule is CCOc1cc2ncc(C#N)c(Nc3ccc(I)cc3I)c2cc1NC(=O)NC1CCSCC1. The third-order valence-electron chi connectivity index (χ3n) is 5.39. The second kappa shape index (κ2) is 11.6. The van der Waals surface area contributed by atoms with Gasteiger partial charge in [-0.25, -0.2) is 4.79 Å². The van der Waals surface area contributed by atoms with Gasteiger partial charge in [0.25, 0.3) is 0 Å². The molecule has 1 aliphatic heterocycles. The monoisotopic (exact) mass is 699 g/mol. The summed E-state index contributed by atoms with van der Waals surface area (Å²) in [6.45, 7) is 2.34. The van der Waals surface area contributed by atoms with E-state index in [-0.39, 0.29) is 12.1 Å². The normalized spacial score (nSPS) is 13.8. The number of thioether (sulfide) groups is 1. The molecule has 2 amide bonds. The zero-order chi connectivity index (χ0) is 24.1. The van der Waals surface area contributed by atoms with Crippen molar-refractivity contribution in [2.45, 2.75) is 25.8 Å². The number of halogens is 2. The van der Waals surface area contributed by atoms with Gasteiger partial charge in [0.15, 0.2) is 0 Å². The van der Waals surface area contributed by atoms with Gasteiger partial charge in [0.2, 0.25) is 0 Å². The molecule has 3 N–H and O–H groups in total. The topological polar surface area (TPSA) is 99.1 Å². The van der Waals surface area contributed by atoms with Crippen LogP contribution in [0.25, 0.3) is 10.9 Å². The van der Waals surface area contributed by atoms with Gasteiger partial charge >= 0.3 is 6.03 Å². The van der Waals surface area contributed by atoms with E-state index in [1.807, 2.05) is 36.9 Å². The Balaban J connectivity index is 1.72. The van der Waals surface area contributed by atoms with Crippen LogP contribution in [-0.4, -0.2) is 35.2 Å². The fourth-order valence-electron chi connectivity index (χ4n) is 3.72. The van der Waals surface area contributed by atoms with Crippen LogP contribution < -0.4 is 20.7 Å². The first kappa shape index (κ1) is 25.1. The molecular weight excluding hydrogens is 676 g/mol. The largest absolute Gasteiger partial charge is 0.492 e. The minimum absolute atomic E-state index is 0.171. The molecule has 1 aliphatic rings. The van der Waals surface area contributed by atoms with E-state index in [4.69, 9.17) is 4.74 Å². The van der Waals surface area contributed by atoms with Crippen LogP contribution in [0, 0.1) is 18.5 Å². The van der Waals surface area contributed by atoms with Crippen LogP contribution in [0.2, 0.25) is 0 Å². The van der Waals surface area contributed by atoms with Crippen LogP contribution in [0.4, 0.5) is 21.9 Å². The first-order valence-corrected chi connectivity index (χ1v) is 14.2. The van der Waals surface area contributed by atoms with Crippen molar-refractivity contribution in [3.05, 3.63) is 49.2 Å². The van der Waals surface area contributed by atoms with E-state index >= 15 is 0 Å². The van der Waals surface area contributed by atoms with Gasteiger partial charge in [-0.2, -0.15) is 17.0 Å². The molecule has 0 unspecified atom stereocenters. The van der Waals surface area contributed by atoms with E-state index in [9.17, 15) is 10.1 Å². The summed E-state index contributed by atoms with van der Waals surface area (Å²) in [5.74, 6) is 2.65. The predicted molar refractivity (Wildman–Crippen MR) is 155 cm³/mol. The van der Waals surface area contributed by atoms with Gasteiger partial charge in [-0.1, -0.05) is 0 Å². The summed E-state index contributed by atoms with van der Waals surface area (Å²) >= 11 is 6.46. The molecule has 176 valence electrons. The summed E-state index contributed by atoms with van der Waals surface area (Å²) in [4.78, 5) is 17.3. The van der Waals surface area contributed by atoms with E-state index in [1.165, 1.54) is 0 Å². The molecule has 0 bridgehead atoms. The van der Waals surface area contributed by atoms with Crippen molar-refractivity contribution in [2.75, 3.05) is 28.7 Å². The van der Waals surface area contributed by atoms with Gasteiger partial charge in [-0.15, -0.1) is 0 Å². The third-order valence-corrected chi connectivity index (χ3v) is 8.00. The van der Waals surface area contributed by atoms with Crippen molar-refractivity contribution in [3.8, 4) is 11.8 Å². The molecule has 0 saturated carbocycles. The fraction of sp³-hybridized carbons (Fsp3) is 0.292. The Morgan fingerprint density at radius 1 is 1.24 bits per heavy atom. The number of urea groups is 1. The van der Waals surface area contributed by atoms with Gasteiger partial charge in [0, 0.05) is 30.8 Å². The van der Waals surface area contributed by atoms with E-state index in [1.54, 1.807) is 12.3 Å². The standard InChI is InChI=1S/C24H23I2N5O2S/c1-2-33-22-11-20-17(10-21(22)31-24(32)29-16-5-7-34-8-6-16)23(14(12-27)13-28-20)30-19-4-3-15(25)9-18(19)26/h3-4,9-11,13,16H,2,5-8H2,1H3,(H,28,30)(H2,29,31,32). The highest BCUT2D eigenvalue weighted by molar-refractivity contribution is 14.1. The number of amides is 2. The smallest absolute Gasteiger partial charge is 0.319 e. The van der Waals surface area contributed by atoms with E-state index in [0.29, 0.717) is 34.8 Å². The molecule has 2 aromatic carbocycles. The highest BCUT2D eigenvalue weighted by Crippen LogP contribution is 2.37. The molecule has 7 nitrogen and oxygen atoms in total. The Morgan fingerprint density at radius 2 is 2.03 bits per heavy atom. The van der Waals surface area contributed by atoms with Gasteiger partial charge in [0.1, 0.15) is 11.8 Å². The molecule has 0 spiro atoms. The maximum absolute atomic E-state index is 12.8. The number of carbonyl (C=O) groups excluding carboxylic acids is 1. The van der Waals surface area contributed by atoms with E-state index in [2.05, 4.69) is 78.3 Å². The molecule has 1 aromatic heterocycles.